The zero-order chi connectivity index (χ0) is 17.9. The van der Waals surface area contributed by atoms with Gasteiger partial charge in [-0.1, -0.05) is 19.1 Å². The van der Waals surface area contributed by atoms with Gasteiger partial charge in [0.2, 0.25) is 5.91 Å². The maximum Gasteiger partial charge on any atom is 0.251 e. The second-order valence-electron chi connectivity index (χ2n) is 9.19. The van der Waals surface area contributed by atoms with Gasteiger partial charge >= 0.3 is 0 Å². The van der Waals surface area contributed by atoms with Crippen LogP contribution in [0.25, 0.3) is 0 Å². The average molecular weight is 352 g/mol. The third-order valence-electron chi connectivity index (χ3n) is 7.27. The highest BCUT2D eigenvalue weighted by Crippen LogP contribution is 2.55. The van der Waals surface area contributed by atoms with E-state index in [0.717, 1.165) is 24.2 Å². The van der Waals surface area contributed by atoms with Crippen molar-refractivity contribution in [2.75, 3.05) is 4.90 Å². The first-order chi connectivity index (χ1) is 12.5. The summed E-state index contributed by atoms with van der Waals surface area (Å²) in [6.45, 7) is 2.10. The van der Waals surface area contributed by atoms with Gasteiger partial charge in [-0.2, -0.15) is 0 Å². The van der Waals surface area contributed by atoms with E-state index in [-0.39, 0.29) is 23.4 Å². The third kappa shape index (κ3) is 2.61. The highest BCUT2D eigenvalue weighted by atomic mass is 16.2. The number of imide groups is 1. The van der Waals surface area contributed by atoms with E-state index < -0.39 is 0 Å². The minimum Gasteiger partial charge on any atom is -0.300 e. The monoisotopic (exact) mass is 352 g/mol. The van der Waals surface area contributed by atoms with Crippen LogP contribution in [0.2, 0.25) is 0 Å². The zero-order valence-corrected chi connectivity index (χ0v) is 15.5. The fourth-order valence-electron chi connectivity index (χ4n) is 6.55. The Bertz CT molecular complexity index is 704. The minimum absolute atomic E-state index is 0.0602. The molecule has 1 aromatic carbocycles. The summed E-state index contributed by atoms with van der Waals surface area (Å²) in [4.78, 5) is 27.0. The van der Waals surface area contributed by atoms with Gasteiger partial charge < -0.3 is 0 Å². The normalized spacial score (nSPS) is 38.4. The molecule has 0 aromatic heterocycles. The summed E-state index contributed by atoms with van der Waals surface area (Å²) in [5.41, 5.74) is 2.04. The van der Waals surface area contributed by atoms with Crippen LogP contribution >= 0.6 is 0 Å². The molecule has 6 rings (SSSR count). The van der Waals surface area contributed by atoms with Crippen molar-refractivity contribution in [3.8, 4) is 0 Å². The molecule has 4 nitrogen and oxygen atoms in total. The lowest BCUT2D eigenvalue weighted by Gasteiger charge is -2.57. The highest BCUT2D eigenvalue weighted by molar-refractivity contribution is 6.22. The summed E-state index contributed by atoms with van der Waals surface area (Å²) in [6.07, 6.45) is 9.00. The van der Waals surface area contributed by atoms with Gasteiger partial charge in [-0.3, -0.25) is 14.9 Å². The van der Waals surface area contributed by atoms with Crippen molar-refractivity contribution in [3.05, 3.63) is 29.8 Å². The Morgan fingerprint density at radius 3 is 2.12 bits per heavy atom. The Hall–Kier alpha value is -1.68. The molecule has 138 valence electrons. The van der Waals surface area contributed by atoms with Gasteiger partial charge in [-0.15, -0.1) is 0 Å². The van der Waals surface area contributed by atoms with E-state index in [4.69, 9.17) is 0 Å². The van der Waals surface area contributed by atoms with Crippen LogP contribution < -0.4 is 10.2 Å². The molecule has 1 unspecified atom stereocenters. The van der Waals surface area contributed by atoms with Gasteiger partial charge in [0.1, 0.15) is 0 Å². The van der Waals surface area contributed by atoms with Crippen molar-refractivity contribution >= 4 is 17.5 Å². The summed E-state index contributed by atoms with van der Waals surface area (Å²) < 4.78 is 0. The molecule has 1 aliphatic heterocycles. The Kier molecular flexibility index (Phi) is 3.75. The van der Waals surface area contributed by atoms with Crippen molar-refractivity contribution in [1.82, 2.24) is 5.32 Å². The average Bonchev–Trinajstić information content (AvgIpc) is 2.87. The first-order valence-electron chi connectivity index (χ1n) is 10.3. The Balaban J connectivity index is 1.35. The first-order valence-corrected chi connectivity index (χ1v) is 10.3. The summed E-state index contributed by atoms with van der Waals surface area (Å²) >= 11 is 0. The third-order valence-corrected chi connectivity index (χ3v) is 7.27. The van der Waals surface area contributed by atoms with Gasteiger partial charge in [0, 0.05) is 5.54 Å². The molecule has 1 N–H and O–H groups in total. The number of hydrogen-bond donors (Lipinski definition) is 1. The van der Waals surface area contributed by atoms with Gasteiger partial charge in [0.25, 0.3) is 5.91 Å². The van der Waals surface area contributed by atoms with E-state index in [2.05, 4.69) is 12.2 Å². The maximum atomic E-state index is 13.0. The molecule has 0 radical (unpaired) electrons. The Morgan fingerprint density at radius 2 is 1.58 bits per heavy atom. The molecule has 1 aromatic rings. The predicted molar refractivity (Wildman–Crippen MR) is 101 cm³/mol. The van der Waals surface area contributed by atoms with Crippen molar-refractivity contribution < 1.29 is 9.59 Å². The molecule has 4 aliphatic carbocycles. The Labute approximate surface area is 155 Å². The number of rotatable bonds is 4. The molecular formula is C22H28N2O2. The largest absolute Gasteiger partial charge is 0.300 e. The van der Waals surface area contributed by atoms with Crippen molar-refractivity contribution in [3.63, 3.8) is 0 Å². The number of amides is 2. The van der Waals surface area contributed by atoms with E-state index in [1.54, 1.807) is 0 Å². The highest BCUT2D eigenvalue weighted by Gasteiger charge is 2.53. The molecule has 4 saturated carbocycles. The lowest BCUT2D eigenvalue weighted by molar-refractivity contribution is -0.122. The molecule has 26 heavy (non-hydrogen) atoms. The van der Waals surface area contributed by atoms with Crippen LogP contribution in [-0.4, -0.2) is 23.4 Å². The number of nitrogens with one attached hydrogen (secondary N) is 1. The van der Waals surface area contributed by atoms with Crippen LogP contribution in [0.1, 0.15) is 57.4 Å². The smallest absolute Gasteiger partial charge is 0.251 e. The second kappa shape index (κ2) is 5.91. The van der Waals surface area contributed by atoms with E-state index in [9.17, 15) is 9.59 Å². The summed E-state index contributed by atoms with van der Waals surface area (Å²) in [5, 5.41) is 3.71. The van der Waals surface area contributed by atoms with Crippen molar-refractivity contribution in [1.29, 1.82) is 0 Å². The number of carbonyl (C=O) groups is 2. The van der Waals surface area contributed by atoms with E-state index >= 15 is 0 Å². The van der Waals surface area contributed by atoms with Crippen LogP contribution in [0.3, 0.4) is 0 Å². The summed E-state index contributed by atoms with van der Waals surface area (Å²) in [5.74, 6) is 2.37. The van der Waals surface area contributed by atoms with Crippen LogP contribution in [-0.2, 0) is 16.0 Å². The molecule has 5 aliphatic rings. The first kappa shape index (κ1) is 16.5. The quantitative estimate of drug-likeness (QED) is 0.845. The van der Waals surface area contributed by atoms with Crippen LogP contribution in [0.5, 0.6) is 0 Å². The molecule has 2 amide bonds. The number of nitrogens with zero attached hydrogens (tertiary/aromatic N) is 1. The lowest BCUT2D eigenvalue weighted by Crippen LogP contribution is -2.61. The standard InChI is InChI=1S/C22H28N2O2/c1-2-14-3-5-18(6-4-14)24-20(25)10-19(21(24)26)23-22-11-15-7-16(12-22)9-17(8-15)13-22/h3-6,15-17,19,23H,2,7-13H2,1H3. The molecule has 1 saturated heterocycles. The molecule has 4 heteroatoms. The van der Waals surface area contributed by atoms with Crippen LogP contribution in [0, 0.1) is 17.8 Å². The van der Waals surface area contributed by atoms with Crippen LogP contribution in [0.15, 0.2) is 24.3 Å². The lowest BCUT2D eigenvalue weighted by atomic mass is 9.53. The molecule has 0 spiro atoms. The number of anilines is 1. The minimum atomic E-state index is -0.343. The second-order valence-corrected chi connectivity index (χ2v) is 9.19. The fraction of sp³-hybridized carbons (Fsp3) is 0.636. The van der Waals surface area contributed by atoms with Gasteiger partial charge in [0.15, 0.2) is 0 Å². The number of carbonyl (C=O) groups excluding carboxylic acids is 2. The molecular weight excluding hydrogens is 324 g/mol. The molecule has 4 bridgehead atoms. The predicted octanol–water partition coefficient (Wildman–Crippen LogP) is 3.44. The molecule has 1 heterocycles. The van der Waals surface area contributed by atoms with Crippen molar-refractivity contribution in [2.45, 2.75) is 69.9 Å². The van der Waals surface area contributed by atoms with Gasteiger partial charge in [-0.05, 0) is 80.4 Å². The van der Waals surface area contributed by atoms with E-state index in [1.807, 2.05) is 24.3 Å². The topological polar surface area (TPSA) is 49.4 Å². The van der Waals surface area contributed by atoms with Crippen LogP contribution in [0.4, 0.5) is 5.69 Å². The summed E-state index contributed by atoms with van der Waals surface area (Å²) in [7, 11) is 0. The van der Waals surface area contributed by atoms with E-state index in [0.29, 0.717) is 12.1 Å². The number of benzene rings is 1. The zero-order valence-electron chi connectivity index (χ0n) is 15.5. The van der Waals surface area contributed by atoms with Gasteiger partial charge in [-0.25, -0.2) is 4.90 Å². The fourth-order valence-corrected chi connectivity index (χ4v) is 6.55. The summed E-state index contributed by atoms with van der Waals surface area (Å²) in [6, 6.07) is 7.49. The Morgan fingerprint density at radius 1 is 1.00 bits per heavy atom. The van der Waals surface area contributed by atoms with Crippen molar-refractivity contribution in [2.24, 2.45) is 17.8 Å². The van der Waals surface area contributed by atoms with Gasteiger partial charge in [0.05, 0.1) is 18.2 Å². The SMILES string of the molecule is CCc1ccc(N2C(=O)CC(NC34CC5CC(CC(C5)C3)C4)C2=O)cc1. The molecule has 5 fully saturated rings. The number of aryl methyl sites for hydroxylation is 1. The molecule has 1 atom stereocenters. The number of hydrogen-bond acceptors (Lipinski definition) is 3. The van der Waals surface area contributed by atoms with E-state index in [1.165, 1.54) is 49.0 Å². The maximum absolute atomic E-state index is 13.0.